The summed E-state index contributed by atoms with van der Waals surface area (Å²) >= 11 is 0. The summed E-state index contributed by atoms with van der Waals surface area (Å²) in [5.74, 6) is -0.742. The number of carbonyl (C=O) groups excluding carboxylic acids is 1. The zero-order valence-corrected chi connectivity index (χ0v) is 15.1. The van der Waals surface area contributed by atoms with Crippen molar-refractivity contribution in [3.63, 3.8) is 0 Å². The highest BCUT2D eigenvalue weighted by molar-refractivity contribution is 5.93. The molecule has 1 saturated heterocycles. The van der Waals surface area contributed by atoms with Crippen molar-refractivity contribution in [3.8, 4) is 0 Å². The smallest absolute Gasteiger partial charge is 0.311 e. The maximum absolute atomic E-state index is 12.5. The first-order chi connectivity index (χ1) is 13.1. The van der Waals surface area contributed by atoms with Crippen molar-refractivity contribution in [2.45, 2.75) is 25.8 Å². The van der Waals surface area contributed by atoms with Crippen LogP contribution >= 0.6 is 0 Å². The van der Waals surface area contributed by atoms with E-state index in [0.29, 0.717) is 18.8 Å². The largest absolute Gasteiger partial charge is 0.481 e. The molecule has 1 aliphatic carbocycles. The highest BCUT2D eigenvalue weighted by Crippen LogP contribution is 2.49. The maximum Gasteiger partial charge on any atom is 0.311 e. The van der Waals surface area contributed by atoms with E-state index in [-0.39, 0.29) is 11.8 Å². The Labute approximate surface area is 158 Å². The lowest BCUT2D eigenvalue weighted by atomic mass is 9.81. The van der Waals surface area contributed by atoms with Crippen LogP contribution in [0.3, 0.4) is 0 Å². The van der Waals surface area contributed by atoms with Crippen LogP contribution in [0, 0.1) is 11.3 Å². The molecular formula is C21H23N3O3. The molecule has 6 heteroatoms. The van der Waals surface area contributed by atoms with Gasteiger partial charge < -0.3 is 15.3 Å². The number of fused-ring (bicyclic) bond motifs is 1. The summed E-state index contributed by atoms with van der Waals surface area (Å²) in [6.45, 7) is 1.67. The molecule has 0 unspecified atom stereocenters. The van der Waals surface area contributed by atoms with Gasteiger partial charge in [-0.1, -0.05) is 36.8 Å². The van der Waals surface area contributed by atoms with Crippen molar-refractivity contribution >= 4 is 17.6 Å². The van der Waals surface area contributed by atoms with Crippen molar-refractivity contribution in [2.24, 2.45) is 11.3 Å². The Bertz CT molecular complexity index is 855. The molecule has 1 aromatic carbocycles. The third kappa shape index (κ3) is 3.27. The second kappa shape index (κ2) is 7.02. The van der Waals surface area contributed by atoms with Crippen LogP contribution in [0.4, 0.5) is 5.69 Å². The van der Waals surface area contributed by atoms with Gasteiger partial charge in [-0.3, -0.25) is 14.6 Å². The van der Waals surface area contributed by atoms with Crippen LogP contribution in [0.1, 0.15) is 35.3 Å². The molecule has 1 amide bonds. The van der Waals surface area contributed by atoms with E-state index in [1.165, 1.54) is 0 Å². The highest BCUT2D eigenvalue weighted by Gasteiger charge is 2.54. The molecule has 2 aromatic rings. The minimum Gasteiger partial charge on any atom is -0.481 e. The van der Waals surface area contributed by atoms with Crippen LogP contribution in [-0.4, -0.2) is 35.1 Å². The minimum atomic E-state index is -0.692. The van der Waals surface area contributed by atoms with Gasteiger partial charge in [-0.05, 0) is 36.5 Å². The SMILES string of the molecule is O=C(NCc1ccccc1)c1cc(N2C[C@@H]3CCC[C@@]3(C(=O)O)C2)ccn1. The third-order valence-corrected chi connectivity index (χ3v) is 5.93. The van der Waals surface area contributed by atoms with E-state index < -0.39 is 11.4 Å². The molecule has 1 aromatic heterocycles. The number of aliphatic carboxylic acids is 1. The first-order valence-electron chi connectivity index (χ1n) is 9.35. The molecular weight excluding hydrogens is 342 g/mol. The Morgan fingerprint density at radius 1 is 1.26 bits per heavy atom. The Morgan fingerprint density at radius 3 is 2.81 bits per heavy atom. The average molecular weight is 365 g/mol. The number of carboxylic acids is 1. The van der Waals surface area contributed by atoms with Crippen molar-refractivity contribution in [3.05, 3.63) is 59.9 Å². The van der Waals surface area contributed by atoms with Crippen LogP contribution in [0.2, 0.25) is 0 Å². The lowest BCUT2D eigenvalue weighted by Gasteiger charge is -2.24. The minimum absolute atomic E-state index is 0.179. The molecule has 27 heavy (non-hydrogen) atoms. The normalized spacial score (nSPS) is 23.9. The molecule has 2 aliphatic rings. The van der Waals surface area contributed by atoms with E-state index in [1.807, 2.05) is 36.4 Å². The van der Waals surface area contributed by atoms with Crippen LogP contribution in [0.25, 0.3) is 0 Å². The summed E-state index contributed by atoms with van der Waals surface area (Å²) in [6, 6.07) is 13.3. The van der Waals surface area contributed by atoms with Gasteiger partial charge in [0.15, 0.2) is 0 Å². The van der Waals surface area contributed by atoms with Gasteiger partial charge in [0.05, 0.1) is 5.41 Å². The number of hydrogen-bond acceptors (Lipinski definition) is 4. The molecule has 140 valence electrons. The number of nitrogens with one attached hydrogen (secondary N) is 1. The molecule has 2 N–H and O–H groups in total. The lowest BCUT2D eigenvalue weighted by molar-refractivity contribution is -0.149. The first kappa shape index (κ1) is 17.5. The number of rotatable bonds is 5. The topological polar surface area (TPSA) is 82.5 Å². The molecule has 2 atom stereocenters. The average Bonchev–Trinajstić information content (AvgIpc) is 3.26. The standard InChI is InChI=1S/C21H23N3O3/c25-19(23-12-15-5-2-1-3-6-15)18-11-17(8-10-22-18)24-13-16-7-4-9-21(16,14-24)20(26)27/h1-3,5-6,8,10-11,16H,4,7,9,12-14H2,(H,23,25)(H,26,27)/t16-,21+/m0/s1. The number of carbonyl (C=O) groups is 2. The molecule has 0 radical (unpaired) electrons. The Hall–Kier alpha value is -2.89. The second-order valence-electron chi connectivity index (χ2n) is 7.50. The predicted octanol–water partition coefficient (Wildman–Crippen LogP) is 2.70. The van der Waals surface area contributed by atoms with E-state index in [2.05, 4.69) is 15.2 Å². The first-order valence-corrected chi connectivity index (χ1v) is 9.35. The molecule has 4 rings (SSSR count). The van der Waals surface area contributed by atoms with E-state index in [9.17, 15) is 14.7 Å². The Morgan fingerprint density at radius 2 is 2.07 bits per heavy atom. The number of nitrogens with zero attached hydrogens (tertiary/aromatic N) is 2. The maximum atomic E-state index is 12.5. The third-order valence-electron chi connectivity index (χ3n) is 5.93. The van der Waals surface area contributed by atoms with Crippen molar-refractivity contribution < 1.29 is 14.7 Å². The monoisotopic (exact) mass is 365 g/mol. The van der Waals surface area contributed by atoms with Crippen LogP contribution in [-0.2, 0) is 11.3 Å². The van der Waals surface area contributed by atoms with Gasteiger partial charge in [0, 0.05) is 31.5 Å². The van der Waals surface area contributed by atoms with Crippen molar-refractivity contribution in [1.82, 2.24) is 10.3 Å². The molecule has 2 fully saturated rings. The number of amides is 1. The van der Waals surface area contributed by atoms with Crippen molar-refractivity contribution in [1.29, 1.82) is 0 Å². The van der Waals surface area contributed by atoms with Gasteiger partial charge in [0.25, 0.3) is 5.91 Å². The number of anilines is 1. The van der Waals surface area contributed by atoms with Crippen LogP contribution in [0.5, 0.6) is 0 Å². The predicted molar refractivity (Wildman–Crippen MR) is 101 cm³/mol. The van der Waals surface area contributed by atoms with E-state index in [0.717, 1.165) is 37.1 Å². The van der Waals surface area contributed by atoms with Gasteiger partial charge in [0.2, 0.25) is 0 Å². The molecule has 2 heterocycles. The number of hydrogen-bond donors (Lipinski definition) is 2. The quantitative estimate of drug-likeness (QED) is 0.851. The number of aromatic nitrogens is 1. The van der Waals surface area contributed by atoms with E-state index in [1.54, 1.807) is 12.3 Å². The molecule has 1 saturated carbocycles. The van der Waals surface area contributed by atoms with Gasteiger partial charge in [-0.25, -0.2) is 0 Å². The summed E-state index contributed by atoms with van der Waals surface area (Å²) in [5, 5.41) is 12.6. The fourth-order valence-electron chi connectivity index (χ4n) is 4.44. The summed E-state index contributed by atoms with van der Waals surface area (Å²) in [6.07, 6.45) is 4.29. The summed E-state index contributed by atoms with van der Waals surface area (Å²) in [7, 11) is 0. The van der Waals surface area contributed by atoms with Crippen molar-refractivity contribution in [2.75, 3.05) is 18.0 Å². The van der Waals surface area contributed by atoms with Crippen LogP contribution in [0.15, 0.2) is 48.7 Å². The molecule has 0 spiro atoms. The Kier molecular flexibility index (Phi) is 4.56. The van der Waals surface area contributed by atoms with Gasteiger partial charge >= 0.3 is 5.97 Å². The Balaban J connectivity index is 1.47. The zero-order valence-electron chi connectivity index (χ0n) is 15.1. The number of pyridine rings is 1. The highest BCUT2D eigenvalue weighted by atomic mass is 16.4. The van der Waals surface area contributed by atoms with E-state index in [4.69, 9.17) is 0 Å². The van der Waals surface area contributed by atoms with Gasteiger partial charge in [0.1, 0.15) is 5.69 Å². The van der Waals surface area contributed by atoms with Crippen LogP contribution < -0.4 is 10.2 Å². The summed E-state index contributed by atoms with van der Waals surface area (Å²) < 4.78 is 0. The second-order valence-corrected chi connectivity index (χ2v) is 7.50. The number of carboxylic acid groups (broad SMARTS) is 1. The fraction of sp³-hybridized carbons (Fsp3) is 0.381. The van der Waals surface area contributed by atoms with Gasteiger partial charge in [-0.2, -0.15) is 0 Å². The molecule has 6 nitrogen and oxygen atoms in total. The fourth-order valence-corrected chi connectivity index (χ4v) is 4.44. The molecule has 0 bridgehead atoms. The summed E-state index contributed by atoms with van der Waals surface area (Å²) in [4.78, 5) is 30.6. The van der Waals surface area contributed by atoms with Gasteiger partial charge in [-0.15, -0.1) is 0 Å². The molecule has 1 aliphatic heterocycles. The summed E-state index contributed by atoms with van der Waals surface area (Å²) in [5.41, 5.74) is 1.60. The lowest BCUT2D eigenvalue weighted by Crippen LogP contribution is -2.35. The zero-order chi connectivity index (χ0) is 18.9. The number of benzene rings is 1. The van der Waals surface area contributed by atoms with E-state index >= 15 is 0 Å².